The van der Waals surface area contributed by atoms with Crippen LogP contribution in [-0.2, 0) is 11.2 Å². The van der Waals surface area contributed by atoms with Gasteiger partial charge in [-0.2, -0.15) is 0 Å². The minimum atomic E-state index is 0.0237. The van der Waals surface area contributed by atoms with Crippen molar-refractivity contribution in [3.05, 3.63) is 59.1 Å². The van der Waals surface area contributed by atoms with Gasteiger partial charge in [-0.15, -0.1) is 0 Å². The molecule has 0 aromatic heterocycles. The van der Waals surface area contributed by atoms with Crippen molar-refractivity contribution in [2.24, 2.45) is 5.92 Å². The Balaban J connectivity index is 1.82. The molecule has 2 aromatic rings. The smallest absolute Gasteiger partial charge is 0.224 e. The largest absolute Gasteiger partial charge is 0.494 e. The van der Waals surface area contributed by atoms with Crippen molar-refractivity contribution in [1.82, 2.24) is 0 Å². The van der Waals surface area contributed by atoms with Gasteiger partial charge in [-0.25, -0.2) is 0 Å². The third-order valence-corrected chi connectivity index (χ3v) is 3.73. The number of amides is 1. The lowest BCUT2D eigenvalue weighted by Crippen LogP contribution is -2.16. The van der Waals surface area contributed by atoms with Crippen LogP contribution in [0.2, 0.25) is 5.02 Å². The Kier molecular flexibility index (Phi) is 6.48. The molecular formula is C19H22ClNO2. The van der Waals surface area contributed by atoms with Gasteiger partial charge >= 0.3 is 0 Å². The van der Waals surface area contributed by atoms with Gasteiger partial charge in [0.1, 0.15) is 5.75 Å². The van der Waals surface area contributed by atoms with E-state index in [1.165, 1.54) is 5.56 Å². The second-order valence-corrected chi connectivity index (χ2v) is 6.08. The van der Waals surface area contributed by atoms with Crippen LogP contribution in [0.25, 0.3) is 0 Å². The van der Waals surface area contributed by atoms with Gasteiger partial charge in [-0.3, -0.25) is 4.79 Å². The molecule has 1 amide bonds. The average Bonchev–Trinajstić information content (AvgIpc) is 2.51. The first-order chi connectivity index (χ1) is 11.1. The molecule has 0 bridgehead atoms. The van der Waals surface area contributed by atoms with Gasteiger partial charge in [0.2, 0.25) is 5.91 Å². The van der Waals surface area contributed by atoms with E-state index in [9.17, 15) is 4.79 Å². The highest BCUT2D eigenvalue weighted by Gasteiger charge is 2.10. The van der Waals surface area contributed by atoms with E-state index in [0.717, 1.165) is 22.9 Å². The summed E-state index contributed by atoms with van der Waals surface area (Å²) in [5.41, 5.74) is 1.98. The molecule has 1 N–H and O–H groups in total. The minimum absolute atomic E-state index is 0.0237. The number of benzene rings is 2. The van der Waals surface area contributed by atoms with Crippen LogP contribution in [0.4, 0.5) is 5.69 Å². The molecule has 3 nitrogen and oxygen atoms in total. The van der Waals surface area contributed by atoms with Gasteiger partial charge in [0.15, 0.2) is 0 Å². The van der Waals surface area contributed by atoms with Crippen LogP contribution in [0.15, 0.2) is 48.5 Å². The quantitative estimate of drug-likeness (QED) is 0.779. The van der Waals surface area contributed by atoms with Crippen LogP contribution in [0.3, 0.4) is 0 Å². The molecule has 0 unspecified atom stereocenters. The number of halogens is 1. The first-order valence-corrected chi connectivity index (χ1v) is 8.21. The summed E-state index contributed by atoms with van der Waals surface area (Å²) in [6, 6.07) is 15.2. The summed E-state index contributed by atoms with van der Waals surface area (Å²) in [5, 5.41) is 3.65. The van der Waals surface area contributed by atoms with Crippen LogP contribution < -0.4 is 10.1 Å². The summed E-state index contributed by atoms with van der Waals surface area (Å²) in [5.74, 6) is 1.09. The molecule has 0 radical (unpaired) electrons. The highest BCUT2D eigenvalue weighted by molar-refractivity contribution is 6.30. The first-order valence-electron chi connectivity index (χ1n) is 7.84. The van der Waals surface area contributed by atoms with Crippen LogP contribution in [0, 0.1) is 5.92 Å². The molecule has 2 aromatic carbocycles. The molecule has 122 valence electrons. The minimum Gasteiger partial charge on any atom is -0.494 e. The number of anilines is 1. The standard InChI is InChI=1S/C19H22ClNO2/c1-3-23-18-10-8-17(9-11-18)21-19(22)13-14(2)12-15-4-6-16(20)7-5-15/h4-11,14H,3,12-13H2,1-2H3,(H,21,22)/t14-/m1/s1. The predicted octanol–water partition coefficient (Wildman–Crippen LogP) is 4.95. The van der Waals surface area contributed by atoms with Crippen LogP contribution >= 0.6 is 11.6 Å². The summed E-state index contributed by atoms with van der Waals surface area (Å²) in [6.45, 7) is 4.65. The molecule has 0 spiro atoms. The van der Waals surface area contributed by atoms with Crippen LogP contribution in [0.5, 0.6) is 5.75 Å². The fourth-order valence-electron chi connectivity index (χ4n) is 2.42. The van der Waals surface area contributed by atoms with E-state index in [1.54, 1.807) is 0 Å². The molecule has 2 rings (SSSR count). The summed E-state index contributed by atoms with van der Waals surface area (Å²) >= 11 is 5.88. The van der Waals surface area contributed by atoms with Gasteiger partial charge in [0.05, 0.1) is 6.61 Å². The Morgan fingerprint density at radius 2 is 1.78 bits per heavy atom. The summed E-state index contributed by atoms with van der Waals surface area (Å²) < 4.78 is 5.38. The summed E-state index contributed by atoms with van der Waals surface area (Å²) in [7, 11) is 0. The zero-order chi connectivity index (χ0) is 16.7. The Hall–Kier alpha value is -2.00. The van der Waals surface area contributed by atoms with Crippen molar-refractivity contribution in [3.63, 3.8) is 0 Å². The second kappa shape index (κ2) is 8.59. The lowest BCUT2D eigenvalue weighted by Gasteiger charge is -2.12. The highest BCUT2D eigenvalue weighted by atomic mass is 35.5. The topological polar surface area (TPSA) is 38.3 Å². The van der Waals surface area contributed by atoms with Crippen molar-refractivity contribution in [3.8, 4) is 5.75 Å². The fraction of sp³-hybridized carbons (Fsp3) is 0.316. The average molecular weight is 332 g/mol. The van der Waals surface area contributed by atoms with Gasteiger partial charge in [-0.05, 0) is 61.2 Å². The number of ether oxygens (including phenoxy) is 1. The predicted molar refractivity (Wildman–Crippen MR) is 95.2 cm³/mol. The van der Waals surface area contributed by atoms with E-state index in [4.69, 9.17) is 16.3 Å². The molecule has 4 heteroatoms. The zero-order valence-corrected chi connectivity index (χ0v) is 14.3. The van der Waals surface area contributed by atoms with Gasteiger partial charge in [-0.1, -0.05) is 30.7 Å². The first kappa shape index (κ1) is 17.4. The highest BCUT2D eigenvalue weighted by Crippen LogP contribution is 2.18. The maximum Gasteiger partial charge on any atom is 0.224 e. The van der Waals surface area contributed by atoms with E-state index in [-0.39, 0.29) is 11.8 Å². The normalized spacial score (nSPS) is 11.8. The van der Waals surface area contributed by atoms with Gasteiger partial charge in [0.25, 0.3) is 0 Å². The maximum absolute atomic E-state index is 12.1. The Bertz CT molecular complexity index is 623. The van der Waals surface area contributed by atoms with E-state index in [1.807, 2.05) is 55.5 Å². The molecule has 1 atom stereocenters. The van der Waals surface area contributed by atoms with Crippen molar-refractivity contribution in [2.45, 2.75) is 26.7 Å². The molecule has 0 aliphatic rings. The molecular weight excluding hydrogens is 310 g/mol. The molecule has 0 aliphatic carbocycles. The maximum atomic E-state index is 12.1. The number of carbonyl (C=O) groups excluding carboxylic acids is 1. The van der Waals surface area contributed by atoms with Crippen molar-refractivity contribution in [1.29, 1.82) is 0 Å². The molecule has 23 heavy (non-hydrogen) atoms. The Morgan fingerprint density at radius 3 is 2.39 bits per heavy atom. The van der Waals surface area contributed by atoms with Crippen LogP contribution in [0.1, 0.15) is 25.8 Å². The van der Waals surface area contributed by atoms with Gasteiger partial charge in [0, 0.05) is 17.1 Å². The third-order valence-electron chi connectivity index (χ3n) is 3.48. The molecule has 0 fully saturated rings. The summed E-state index contributed by atoms with van der Waals surface area (Å²) in [4.78, 5) is 12.1. The molecule has 0 saturated carbocycles. The number of nitrogens with one attached hydrogen (secondary N) is 1. The van der Waals surface area contributed by atoms with E-state index in [0.29, 0.717) is 13.0 Å². The van der Waals surface area contributed by atoms with E-state index in [2.05, 4.69) is 12.2 Å². The number of hydrogen-bond acceptors (Lipinski definition) is 2. The number of hydrogen-bond donors (Lipinski definition) is 1. The number of carbonyl (C=O) groups is 1. The molecule has 0 saturated heterocycles. The Labute approximate surface area is 142 Å². The lowest BCUT2D eigenvalue weighted by molar-refractivity contribution is -0.116. The number of rotatable bonds is 7. The SMILES string of the molecule is CCOc1ccc(NC(=O)C[C@H](C)Cc2ccc(Cl)cc2)cc1. The summed E-state index contributed by atoms with van der Waals surface area (Å²) in [6.07, 6.45) is 1.34. The Morgan fingerprint density at radius 1 is 1.13 bits per heavy atom. The molecule has 0 heterocycles. The van der Waals surface area contributed by atoms with Crippen molar-refractivity contribution < 1.29 is 9.53 Å². The van der Waals surface area contributed by atoms with Gasteiger partial charge < -0.3 is 10.1 Å². The fourth-order valence-corrected chi connectivity index (χ4v) is 2.55. The zero-order valence-electron chi connectivity index (χ0n) is 13.5. The van der Waals surface area contributed by atoms with Crippen molar-refractivity contribution >= 4 is 23.2 Å². The van der Waals surface area contributed by atoms with E-state index >= 15 is 0 Å². The third kappa shape index (κ3) is 5.95. The van der Waals surface area contributed by atoms with Crippen molar-refractivity contribution in [2.75, 3.05) is 11.9 Å². The van der Waals surface area contributed by atoms with E-state index < -0.39 is 0 Å². The monoisotopic (exact) mass is 331 g/mol. The van der Waals surface area contributed by atoms with Crippen LogP contribution in [-0.4, -0.2) is 12.5 Å². The second-order valence-electron chi connectivity index (χ2n) is 5.65. The lowest BCUT2D eigenvalue weighted by atomic mass is 9.98. The molecule has 0 aliphatic heterocycles.